The maximum atomic E-state index is 12.0. The largest absolute Gasteiger partial charge is 0.344 e. The van der Waals surface area contributed by atoms with Crippen molar-refractivity contribution in [3.8, 4) is 0 Å². The molecule has 0 bridgehead atoms. The van der Waals surface area contributed by atoms with E-state index in [1.54, 1.807) is 19.4 Å². The summed E-state index contributed by atoms with van der Waals surface area (Å²) >= 11 is 2.50. The van der Waals surface area contributed by atoms with E-state index in [1.807, 2.05) is 0 Å². The molecule has 10 heteroatoms. The van der Waals surface area contributed by atoms with Crippen LogP contribution >= 0.6 is 23.1 Å². The predicted octanol–water partition coefficient (Wildman–Crippen LogP) is 0.382. The Morgan fingerprint density at radius 3 is 2.90 bits per heavy atom. The summed E-state index contributed by atoms with van der Waals surface area (Å²) in [6.07, 6.45) is 0.448. The zero-order valence-electron chi connectivity index (χ0n) is 10.9. The predicted molar refractivity (Wildman–Crippen MR) is 72.8 cm³/mol. The standard InChI is InChI=1S/C10H13N5O3S2/c1-3-10(2)7(17)15(8(18)12-10)14-6(16)4-19-9-13-11-5-20-9/h5H,3-4H2,1-2H3,(H,12,18)(H,14,16). The number of aromatic nitrogens is 2. The second kappa shape index (κ2) is 5.75. The second-order valence-corrected chi connectivity index (χ2v) is 6.34. The van der Waals surface area contributed by atoms with Crippen LogP contribution in [-0.4, -0.2) is 44.3 Å². The van der Waals surface area contributed by atoms with Crippen LogP contribution in [0, 0.1) is 0 Å². The number of nitrogens with one attached hydrogen (secondary N) is 2. The molecule has 20 heavy (non-hydrogen) atoms. The fraction of sp³-hybridized carbons (Fsp3) is 0.500. The molecular weight excluding hydrogens is 302 g/mol. The number of amides is 4. The summed E-state index contributed by atoms with van der Waals surface area (Å²) < 4.78 is 0.649. The highest BCUT2D eigenvalue weighted by Crippen LogP contribution is 2.20. The SMILES string of the molecule is CCC1(C)NC(=O)N(NC(=O)CSc2nncs2)C1=O. The lowest BCUT2D eigenvalue weighted by Gasteiger charge is -2.19. The van der Waals surface area contributed by atoms with Crippen molar-refractivity contribution in [2.75, 3.05) is 5.75 Å². The summed E-state index contributed by atoms with van der Waals surface area (Å²) in [5.41, 5.74) is 2.90. The van der Waals surface area contributed by atoms with Crippen LogP contribution in [0.1, 0.15) is 20.3 Å². The summed E-state index contributed by atoms with van der Waals surface area (Å²) in [6, 6.07) is -0.617. The van der Waals surface area contributed by atoms with E-state index in [-0.39, 0.29) is 5.75 Å². The molecule has 2 rings (SSSR count). The molecule has 0 aliphatic carbocycles. The third kappa shape index (κ3) is 2.90. The molecule has 1 fully saturated rings. The monoisotopic (exact) mass is 315 g/mol. The van der Waals surface area contributed by atoms with E-state index in [1.165, 1.54) is 23.1 Å². The van der Waals surface area contributed by atoms with Crippen LogP contribution in [0.4, 0.5) is 4.79 Å². The molecule has 1 saturated heterocycles. The number of urea groups is 1. The highest BCUT2D eigenvalue weighted by atomic mass is 32.2. The van der Waals surface area contributed by atoms with Gasteiger partial charge < -0.3 is 5.32 Å². The van der Waals surface area contributed by atoms with E-state index >= 15 is 0 Å². The Kier molecular flexibility index (Phi) is 4.23. The molecule has 0 spiro atoms. The molecule has 4 amide bonds. The minimum Gasteiger partial charge on any atom is -0.322 e. The van der Waals surface area contributed by atoms with Crippen LogP contribution in [0.3, 0.4) is 0 Å². The molecule has 0 radical (unpaired) electrons. The molecule has 8 nitrogen and oxygen atoms in total. The molecule has 1 atom stereocenters. The summed E-state index contributed by atoms with van der Waals surface area (Å²) in [7, 11) is 0. The van der Waals surface area contributed by atoms with Gasteiger partial charge in [0.25, 0.3) is 5.91 Å². The van der Waals surface area contributed by atoms with Gasteiger partial charge in [-0.2, -0.15) is 5.01 Å². The molecule has 1 unspecified atom stereocenters. The first-order valence-electron chi connectivity index (χ1n) is 5.81. The fourth-order valence-electron chi connectivity index (χ4n) is 1.54. The highest BCUT2D eigenvalue weighted by molar-refractivity contribution is 8.01. The van der Waals surface area contributed by atoms with Gasteiger partial charge in [0.2, 0.25) is 5.91 Å². The van der Waals surface area contributed by atoms with Gasteiger partial charge in [-0.3, -0.25) is 15.0 Å². The molecular formula is C10H13N5O3S2. The normalized spacial score (nSPS) is 22.0. The number of imide groups is 1. The van der Waals surface area contributed by atoms with Gasteiger partial charge in [-0.15, -0.1) is 10.2 Å². The second-order valence-electron chi connectivity index (χ2n) is 4.28. The van der Waals surface area contributed by atoms with Crippen molar-refractivity contribution in [3.63, 3.8) is 0 Å². The molecule has 0 saturated carbocycles. The van der Waals surface area contributed by atoms with Gasteiger partial charge in [0.15, 0.2) is 4.34 Å². The van der Waals surface area contributed by atoms with Gasteiger partial charge in [-0.05, 0) is 13.3 Å². The van der Waals surface area contributed by atoms with E-state index in [9.17, 15) is 14.4 Å². The number of carbonyl (C=O) groups excluding carboxylic acids is 3. The van der Waals surface area contributed by atoms with Crippen molar-refractivity contribution in [2.45, 2.75) is 30.1 Å². The zero-order chi connectivity index (χ0) is 14.8. The Labute approximate surface area is 123 Å². The first-order chi connectivity index (χ1) is 9.46. The first kappa shape index (κ1) is 14.7. The number of hydrogen-bond acceptors (Lipinski definition) is 7. The van der Waals surface area contributed by atoms with E-state index in [0.717, 1.165) is 5.01 Å². The van der Waals surface area contributed by atoms with Crippen LogP contribution in [0.5, 0.6) is 0 Å². The molecule has 108 valence electrons. The Morgan fingerprint density at radius 2 is 2.35 bits per heavy atom. The number of rotatable bonds is 5. The zero-order valence-corrected chi connectivity index (χ0v) is 12.5. The molecule has 1 aliphatic rings. The van der Waals surface area contributed by atoms with Crippen LogP contribution in [0.15, 0.2) is 9.85 Å². The van der Waals surface area contributed by atoms with Gasteiger partial charge in [0, 0.05) is 0 Å². The van der Waals surface area contributed by atoms with Crippen molar-refractivity contribution >= 4 is 40.9 Å². The molecule has 1 aromatic rings. The molecule has 1 aromatic heterocycles. The summed E-state index contributed by atoms with van der Waals surface area (Å²) in [5.74, 6) is -0.858. The van der Waals surface area contributed by atoms with E-state index < -0.39 is 23.4 Å². The Balaban J connectivity index is 1.91. The van der Waals surface area contributed by atoms with Crippen LogP contribution in [0.2, 0.25) is 0 Å². The van der Waals surface area contributed by atoms with Crippen molar-refractivity contribution in [2.24, 2.45) is 0 Å². The van der Waals surface area contributed by atoms with Crippen molar-refractivity contribution in [1.82, 2.24) is 25.9 Å². The number of carbonyl (C=O) groups is 3. The minimum absolute atomic E-state index is 0.0507. The van der Waals surface area contributed by atoms with E-state index in [2.05, 4.69) is 20.9 Å². The smallest absolute Gasteiger partial charge is 0.322 e. The average Bonchev–Trinajstić information content (AvgIpc) is 3.00. The number of nitrogens with zero attached hydrogens (tertiary/aromatic N) is 3. The van der Waals surface area contributed by atoms with Crippen molar-refractivity contribution in [1.29, 1.82) is 0 Å². The van der Waals surface area contributed by atoms with Gasteiger partial charge in [-0.1, -0.05) is 30.0 Å². The summed E-state index contributed by atoms with van der Waals surface area (Å²) in [6.45, 7) is 3.41. The number of thioether (sulfide) groups is 1. The quantitative estimate of drug-likeness (QED) is 0.601. The lowest BCUT2D eigenvalue weighted by atomic mass is 10.00. The fourth-order valence-corrected chi connectivity index (χ4v) is 2.82. The maximum Gasteiger partial charge on any atom is 0.344 e. The van der Waals surface area contributed by atoms with Gasteiger partial charge in [-0.25, -0.2) is 4.79 Å². The minimum atomic E-state index is -0.962. The Bertz CT molecular complexity index is 535. The Morgan fingerprint density at radius 1 is 1.60 bits per heavy atom. The van der Waals surface area contributed by atoms with Crippen molar-refractivity contribution < 1.29 is 14.4 Å². The topological polar surface area (TPSA) is 104 Å². The van der Waals surface area contributed by atoms with Crippen molar-refractivity contribution in [3.05, 3.63) is 5.51 Å². The number of hydrazine groups is 1. The Hall–Kier alpha value is -1.68. The van der Waals surface area contributed by atoms with Gasteiger partial charge in [0.1, 0.15) is 11.0 Å². The molecule has 2 N–H and O–H groups in total. The maximum absolute atomic E-state index is 12.0. The van der Waals surface area contributed by atoms with Gasteiger partial charge in [0.05, 0.1) is 5.75 Å². The first-order valence-corrected chi connectivity index (χ1v) is 7.68. The highest BCUT2D eigenvalue weighted by Gasteiger charge is 2.47. The molecule has 0 aromatic carbocycles. The average molecular weight is 315 g/mol. The lowest BCUT2D eigenvalue weighted by Crippen LogP contribution is -2.49. The summed E-state index contributed by atoms with van der Waals surface area (Å²) in [4.78, 5) is 35.5. The third-order valence-corrected chi connectivity index (χ3v) is 4.73. The summed E-state index contributed by atoms with van der Waals surface area (Å²) in [5, 5.41) is 10.7. The lowest BCUT2D eigenvalue weighted by molar-refractivity contribution is -0.137. The van der Waals surface area contributed by atoms with Crippen LogP contribution in [-0.2, 0) is 9.59 Å². The van der Waals surface area contributed by atoms with Crippen LogP contribution in [0.25, 0.3) is 0 Å². The van der Waals surface area contributed by atoms with Gasteiger partial charge >= 0.3 is 6.03 Å². The van der Waals surface area contributed by atoms with Crippen LogP contribution < -0.4 is 10.7 Å². The molecule has 2 heterocycles. The third-order valence-electron chi connectivity index (χ3n) is 2.87. The van der Waals surface area contributed by atoms with E-state index in [4.69, 9.17) is 0 Å². The number of hydrogen-bond donors (Lipinski definition) is 2. The van der Waals surface area contributed by atoms with E-state index in [0.29, 0.717) is 10.8 Å². The molecule has 1 aliphatic heterocycles.